The summed E-state index contributed by atoms with van der Waals surface area (Å²) in [6.07, 6.45) is -0.454. The van der Waals surface area contributed by atoms with Gasteiger partial charge in [-0.05, 0) is 25.1 Å². The number of aliphatic hydroxyl groups excluding tert-OH is 1. The van der Waals surface area contributed by atoms with Crippen LogP contribution in [0.15, 0.2) is 18.2 Å². The zero-order valence-electron chi connectivity index (χ0n) is 11.5. The van der Waals surface area contributed by atoms with Crippen LogP contribution in [-0.4, -0.2) is 54.9 Å². The molecule has 6 heteroatoms. The van der Waals surface area contributed by atoms with Gasteiger partial charge in [-0.15, -0.1) is 0 Å². The molecule has 1 aliphatic rings. The number of nitrogens with zero attached hydrogens (tertiary/aromatic N) is 1. The summed E-state index contributed by atoms with van der Waals surface area (Å²) < 4.78 is 10.7. The summed E-state index contributed by atoms with van der Waals surface area (Å²) in [5.74, 6) is 0.300. The zero-order chi connectivity index (χ0) is 14.7. The van der Waals surface area contributed by atoms with Gasteiger partial charge in [0.15, 0.2) is 0 Å². The fourth-order valence-electron chi connectivity index (χ4n) is 2.32. The molecule has 1 aromatic carbocycles. The van der Waals surface area contributed by atoms with Crippen molar-refractivity contribution in [1.29, 1.82) is 0 Å². The number of hydrogen-bond donors (Lipinski definition) is 1. The summed E-state index contributed by atoms with van der Waals surface area (Å²) >= 11 is 5.90. The van der Waals surface area contributed by atoms with E-state index in [0.29, 0.717) is 29.4 Å². The van der Waals surface area contributed by atoms with Crippen LogP contribution in [0.5, 0.6) is 5.75 Å². The van der Waals surface area contributed by atoms with Crippen LogP contribution in [0.4, 0.5) is 0 Å². The highest BCUT2D eigenvalue weighted by Gasteiger charge is 2.29. The van der Waals surface area contributed by atoms with Gasteiger partial charge in [0.2, 0.25) is 0 Å². The molecule has 110 valence electrons. The van der Waals surface area contributed by atoms with Crippen molar-refractivity contribution < 1.29 is 19.4 Å². The Labute approximate surface area is 123 Å². The number of amides is 1. The second-order valence-corrected chi connectivity index (χ2v) is 5.24. The molecule has 2 unspecified atom stereocenters. The van der Waals surface area contributed by atoms with Gasteiger partial charge in [-0.2, -0.15) is 0 Å². The Morgan fingerprint density at radius 1 is 1.55 bits per heavy atom. The van der Waals surface area contributed by atoms with E-state index in [-0.39, 0.29) is 24.7 Å². The molecular weight excluding hydrogens is 282 g/mol. The second-order valence-electron chi connectivity index (χ2n) is 4.81. The van der Waals surface area contributed by atoms with E-state index in [2.05, 4.69) is 0 Å². The molecule has 0 bridgehead atoms. The number of morpholine rings is 1. The molecule has 1 aliphatic heterocycles. The lowest BCUT2D eigenvalue weighted by molar-refractivity contribution is -0.0859. The quantitative estimate of drug-likeness (QED) is 0.920. The highest BCUT2D eigenvalue weighted by molar-refractivity contribution is 6.30. The average molecular weight is 300 g/mol. The Morgan fingerprint density at radius 3 is 2.95 bits per heavy atom. The summed E-state index contributed by atoms with van der Waals surface area (Å²) in [6.45, 7) is 2.62. The molecule has 5 nitrogen and oxygen atoms in total. The maximum atomic E-state index is 12.6. The first-order chi connectivity index (χ1) is 9.55. The topological polar surface area (TPSA) is 59.0 Å². The molecule has 0 aliphatic carbocycles. The van der Waals surface area contributed by atoms with Gasteiger partial charge in [-0.3, -0.25) is 4.79 Å². The van der Waals surface area contributed by atoms with E-state index in [0.717, 1.165) is 0 Å². The number of methoxy groups -OCH3 is 1. The van der Waals surface area contributed by atoms with Crippen LogP contribution in [0.3, 0.4) is 0 Å². The number of aliphatic hydroxyl groups is 1. The van der Waals surface area contributed by atoms with E-state index in [1.54, 1.807) is 23.1 Å². The SMILES string of the molecule is COc1cc(Cl)ccc1C(=O)N1CC(C)OC(CO)C1. The van der Waals surface area contributed by atoms with Gasteiger partial charge in [0, 0.05) is 18.1 Å². The molecule has 0 aromatic heterocycles. The predicted molar refractivity (Wildman–Crippen MR) is 75.3 cm³/mol. The molecule has 2 rings (SSSR count). The van der Waals surface area contributed by atoms with Gasteiger partial charge >= 0.3 is 0 Å². The first-order valence-corrected chi connectivity index (χ1v) is 6.82. The number of benzene rings is 1. The van der Waals surface area contributed by atoms with Crippen molar-refractivity contribution in [2.45, 2.75) is 19.1 Å². The molecule has 1 N–H and O–H groups in total. The number of rotatable bonds is 3. The van der Waals surface area contributed by atoms with Crippen molar-refractivity contribution in [3.05, 3.63) is 28.8 Å². The molecule has 20 heavy (non-hydrogen) atoms. The summed E-state index contributed by atoms with van der Waals surface area (Å²) in [4.78, 5) is 14.2. The average Bonchev–Trinajstić information content (AvgIpc) is 2.45. The van der Waals surface area contributed by atoms with Crippen LogP contribution in [-0.2, 0) is 4.74 Å². The first-order valence-electron chi connectivity index (χ1n) is 6.44. The molecule has 1 aromatic rings. The summed E-state index contributed by atoms with van der Waals surface area (Å²) in [5.41, 5.74) is 0.461. The number of carbonyl (C=O) groups is 1. The lowest BCUT2D eigenvalue weighted by atomic mass is 10.1. The normalized spacial score (nSPS) is 22.7. The Morgan fingerprint density at radius 2 is 2.30 bits per heavy atom. The summed E-state index contributed by atoms with van der Waals surface area (Å²) in [7, 11) is 1.50. The van der Waals surface area contributed by atoms with Gasteiger partial charge < -0.3 is 19.5 Å². The Bertz CT molecular complexity index is 494. The zero-order valence-corrected chi connectivity index (χ0v) is 12.3. The standard InChI is InChI=1S/C14H18ClNO4/c1-9-6-16(7-11(8-17)20-9)14(18)12-4-3-10(15)5-13(12)19-2/h3-5,9,11,17H,6-8H2,1-2H3. The number of hydrogen-bond acceptors (Lipinski definition) is 4. The van der Waals surface area contributed by atoms with Crippen LogP contribution < -0.4 is 4.74 Å². The molecule has 0 radical (unpaired) electrons. The Balaban J connectivity index is 2.22. The molecular formula is C14H18ClNO4. The van der Waals surface area contributed by atoms with Crippen LogP contribution in [0.2, 0.25) is 5.02 Å². The molecule has 1 fully saturated rings. The van der Waals surface area contributed by atoms with Gasteiger partial charge in [0.25, 0.3) is 5.91 Å². The highest BCUT2D eigenvalue weighted by atomic mass is 35.5. The van der Waals surface area contributed by atoms with Crippen molar-refractivity contribution in [3.63, 3.8) is 0 Å². The molecule has 1 saturated heterocycles. The largest absolute Gasteiger partial charge is 0.496 e. The number of halogens is 1. The van der Waals surface area contributed by atoms with Crippen LogP contribution in [0.1, 0.15) is 17.3 Å². The highest BCUT2D eigenvalue weighted by Crippen LogP contribution is 2.25. The lowest BCUT2D eigenvalue weighted by Crippen LogP contribution is -2.50. The van der Waals surface area contributed by atoms with Gasteiger partial charge in [0.05, 0.1) is 31.5 Å². The van der Waals surface area contributed by atoms with Crippen molar-refractivity contribution in [2.24, 2.45) is 0 Å². The van der Waals surface area contributed by atoms with Crippen molar-refractivity contribution in [1.82, 2.24) is 4.90 Å². The van der Waals surface area contributed by atoms with E-state index in [4.69, 9.17) is 21.1 Å². The molecule has 2 atom stereocenters. The van der Waals surface area contributed by atoms with Crippen LogP contribution in [0.25, 0.3) is 0 Å². The van der Waals surface area contributed by atoms with Crippen molar-refractivity contribution in [3.8, 4) is 5.75 Å². The van der Waals surface area contributed by atoms with Gasteiger partial charge in [-0.1, -0.05) is 11.6 Å². The minimum Gasteiger partial charge on any atom is -0.496 e. The fourth-order valence-corrected chi connectivity index (χ4v) is 2.49. The van der Waals surface area contributed by atoms with Crippen molar-refractivity contribution >= 4 is 17.5 Å². The van der Waals surface area contributed by atoms with E-state index in [1.165, 1.54) is 7.11 Å². The van der Waals surface area contributed by atoms with Crippen molar-refractivity contribution in [2.75, 3.05) is 26.8 Å². The fraction of sp³-hybridized carbons (Fsp3) is 0.500. The Kier molecular flexibility index (Phi) is 4.86. The molecule has 1 amide bonds. The van der Waals surface area contributed by atoms with Gasteiger partial charge in [0.1, 0.15) is 5.75 Å². The third-order valence-corrected chi connectivity index (χ3v) is 3.45. The maximum absolute atomic E-state index is 12.6. The third kappa shape index (κ3) is 3.23. The third-order valence-electron chi connectivity index (χ3n) is 3.21. The molecule has 0 spiro atoms. The van der Waals surface area contributed by atoms with E-state index in [1.807, 2.05) is 6.92 Å². The van der Waals surface area contributed by atoms with Gasteiger partial charge in [-0.25, -0.2) is 0 Å². The minimum absolute atomic E-state index is 0.105. The first kappa shape index (κ1) is 15.1. The monoisotopic (exact) mass is 299 g/mol. The number of ether oxygens (including phenoxy) is 2. The van der Waals surface area contributed by atoms with E-state index < -0.39 is 0 Å². The smallest absolute Gasteiger partial charge is 0.257 e. The second kappa shape index (κ2) is 6.43. The summed E-state index contributed by atoms with van der Waals surface area (Å²) in [6, 6.07) is 4.92. The van der Waals surface area contributed by atoms with E-state index >= 15 is 0 Å². The molecule has 1 heterocycles. The van der Waals surface area contributed by atoms with Crippen LogP contribution in [0, 0.1) is 0 Å². The lowest BCUT2D eigenvalue weighted by Gasteiger charge is -2.36. The van der Waals surface area contributed by atoms with Crippen LogP contribution >= 0.6 is 11.6 Å². The summed E-state index contributed by atoms with van der Waals surface area (Å²) in [5, 5.41) is 9.73. The predicted octanol–water partition coefficient (Wildman–Crippen LogP) is 1.57. The minimum atomic E-state index is -0.346. The number of carbonyl (C=O) groups excluding carboxylic acids is 1. The molecule has 0 saturated carbocycles. The maximum Gasteiger partial charge on any atom is 0.257 e. The van der Waals surface area contributed by atoms with E-state index in [9.17, 15) is 9.90 Å². The Hall–Kier alpha value is -1.30.